The molecule has 0 aliphatic heterocycles. The molecule has 0 aliphatic rings. The van der Waals surface area contributed by atoms with Gasteiger partial charge in [-0.1, -0.05) is 65.1 Å². The molecule has 0 radical (unpaired) electrons. The van der Waals surface area contributed by atoms with Gasteiger partial charge in [0.25, 0.3) is 0 Å². The molecule has 0 heterocycles. The summed E-state index contributed by atoms with van der Waals surface area (Å²) in [5.74, 6) is 0.572. The van der Waals surface area contributed by atoms with Crippen LogP contribution in [0.1, 0.15) is 16.7 Å². The number of halogens is 4. The fourth-order valence-electron chi connectivity index (χ4n) is 1.90. The molecule has 0 aromatic heterocycles. The zero-order valence-electron chi connectivity index (χ0n) is 10.0. The second-order valence-corrected chi connectivity index (χ2v) is 5.69. The summed E-state index contributed by atoms with van der Waals surface area (Å²) in [5, 5.41) is 1.19. The predicted octanol–water partition coefficient (Wildman–Crippen LogP) is 6.27. The molecule has 19 heavy (non-hydrogen) atoms. The van der Waals surface area contributed by atoms with E-state index in [0.29, 0.717) is 27.2 Å². The van der Waals surface area contributed by atoms with Crippen LogP contribution in [0.3, 0.4) is 0 Å². The van der Waals surface area contributed by atoms with Crippen LogP contribution in [0.5, 0.6) is 5.75 Å². The minimum Gasteiger partial charge on any atom is -0.426 e. The second-order valence-electron chi connectivity index (χ2n) is 4.11. The quantitative estimate of drug-likeness (QED) is 0.414. The normalized spacial score (nSPS) is 10.6. The van der Waals surface area contributed by atoms with E-state index in [-0.39, 0.29) is 0 Å². The first kappa shape index (κ1) is 15.2. The molecule has 100 valence electrons. The summed E-state index contributed by atoms with van der Waals surface area (Å²) >= 11 is 20.4. The van der Waals surface area contributed by atoms with Crippen molar-refractivity contribution in [3.63, 3.8) is 0 Å². The molecule has 0 unspecified atom stereocenters. The molecular formula is C14H10Cl3IO. The van der Waals surface area contributed by atoms with Gasteiger partial charge in [0.2, 0.25) is 0 Å². The monoisotopic (exact) mass is 426 g/mol. The molecule has 2 rings (SSSR count). The highest BCUT2D eigenvalue weighted by atomic mass is 127. The lowest BCUT2D eigenvalue weighted by molar-refractivity contribution is 0.707. The summed E-state index contributed by atoms with van der Waals surface area (Å²) < 4.78 is 5.28. The highest BCUT2D eigenvalue weighted by Crippen LogP contribution is 2.44. The Hall–Kier alpha value is -0.160. The Bertz CT molecular complexity index is 600. The molecule has 0 bridgehead atoms. The van der Waals surface area contributed by atoms with Gasteiger partial charge in [0, 0.05) is 0 Å². The van der Waals surface area contributed by atoms with Crippen molar-refractivity contribution in [3.05, 3.63) is 62.1 Å². The fourth-order valence-corrected chi connectivity index (χ4v) is 3.40. The van der Waals surface area contributed by atoms with E-state index in [1.807, 2.05) is 37.3 Å². The lowest BCUT2D eigenvalue weighted by Gasteiger charge is -2.15. The average Bonchev–Trinajstić information content (AvgIpc) is 2.43. The third-order valence-electron chi connectivity index (χ3n) is 2.94. The summed E-state index contributed by atoms with van der Waals surface area (Å²) in [4.78, 5) is 0. The van der Waals surface area contributed by atoms with Gasteiger partial charge in [-0.05, 0) is 30.0 Å². The molecule has 0 atom stereocenters. The van der Waals surface area contributed by atoms with Crippen molar-refractivity contribution < 1.29 is 3.07 Å². The predicted molar refractivity (Wildman–Crippen MR) is 90.1 cm³/mol. The molecule has 2 aromatic carbocycles. The molecule has 0 spiro atoms. The van der Waals surface area contributed by atoms with Crippen molar-refractivity contribution in [2.45, 2.75) is 13.3 Å². The topological polar surface area (TPSA) is 9.23 Å². The van der Waals surface area contributed by atoms with Gasteiger partial charge in [0.1, 0.15) is 5.02 Å². The zero-order valence-corrected chi connectivity index (χ0v) is 14.4. The summed E-state index contributed by atoms with van der Waals surface area (Å²) in [7, 11) is 0. The number of rotatable bonds is 3. The number of hydrogen-bond donors (Lipinski definition) is 0. The minimum atomic E-state index is 0.339. The van der Waals surface area contributed by atoms with Crippen molar-refractivity contribution in [1.82, 2.24) is 0 Å². The standard InChI is InChI=1S/C14H10Cl3IO/c1-8-10(7-9-5-3-2-4-6-9)11(15)12(16)13(17)14(8)19-18/h2-6H,7H2,1H3. The van der Waals surface area contributed by atoms with Crippen LogP contribution in [0.25, 0.3) is 0 Å². The third-order valence-corrected chi connectivity index (χ3v) is 4.73. The molecule has 0 saturated carbocycles. The number of benzene rings is 2. The molecule has 5 heteroatoms. The highest BCUT2D eigenvalue weighted by molar-refractivity contribution is 14.1. The van der Waals surface area contributed by atoms with E-state index in [9.17, 15) is 0 Å². The Morgan fingerprint density at radius 2 is 1.63 bits per heavy atom. The van der Waals surface area contributed by atoms with E-state index in [1.54, 1.807) is 23.0 Å². The molecular weight excluding hydrogens is 417 g/mol. The van der Waals surface area contributed by atoms with Crippen molar-refractivity contribution in [2.24, 2.45) is 0 Å². The van der Waals surface area contributed by atoms with Crippen LogP contribution < -0.4 is 3.07 Å². The summed E-state index contributed by atoms with van der Waals surface area (Å²) in [5.41, 5.74) is 3.01. The fraction of sp³-hybridized carbons (Fsp3) is 0.143. The van der Waals surface area contributed by atoms with Gasteiger partial charge in [0.05, 0.1) is 10.0 Å². The van der Waals surface area contributed by atoms with Gasteiger partial charge in [0.15, 0.2) is 28.8 Å². The number of hydrogen-bond acceptors (Lipinski definition) is 1. The van der Waals surface area contributed by atoms with E-state index in [0.717, 1.165) is 16.7 Å². The molecule has 0 N–H and O–H groups in total. The van der Waals surface area contributed by atoms with Crippen molar-refractivity contribution in [1.29, 1.82) is 0 Å². The summed E-state index contributed by atoms with van der Waals surface area (Å²) in [6, 6.07) is 10.1. The summed E-state index contributed by atoms with van der Waals surface area (Å²) in [6.45, 7) is 1.93. The van der Waals surface area contributed by atoms with Crippen LogP contribution in [0.4, 0.5) is 0 Å². The van der Waals surface area contributed by atoms with E-state index in [4.69, 9.17) is 37.9 Å². The molecule has 0 amide bonds. The molecule has 0 aliphatic carbocycles. The zero-order chi connectivity index (χ0) is 14.0. The van der Waals surface area contributed by atoms with E-state index < -0.39 is 0 Å². The molecule has 1 nitrogen and oxygen atoms in total. The van der Waals surface area contributed by atoms with Crippen LogP contribution in [-0.4, -0.2) is 0 Å². The van der Waals surface area contributed by atoms with Crippen molar-refractivity contribution in [3.8, 4) is 5.75 Å². The summed E-state index contributed by atoms with van der Waals surface area (Å²) in [6.07, 6.45) is 0.690. The van der Waals surface area contributed by atoms with Crippen LogP contribution in [0, 0.1) is 6.92 Å². The van der Waals surface area contributed by atoms with Crippen LogP contribution >= 0.6 is 57.8 Å². The first-order valence-corrected chi connectivity index (χ1v) is 7.56. The lowest BCUT2D eigenvalue weighted by atomic mass is 10.00. The van der Waals surface area contributed by atoms with Gasteiger partial charge in [-0.3, -0.25) is 0 Å². The first-order chi connectivity index (χ1) is 9.06. The van der Waals surface area contributed by atoms with Crippen molar-refractivity contribution in [2.75, 3.05) is 0 Å². The second kappa shape index (κ2) is 6.53. The Morgan fingerprint density at radius 3 is 2.21 bits per heavy atom. The molecule has 0 saturated heterocycles. The maximum Gasteiger partial charge on any atom is 0.192 e. The lowest BCUT2D eigenvalue weighted by Crippen LogP contribution is -1.97. The Morgan fingerprint density at radius 1 is 1.00 bits per heavy atom. The largest absolute Gasteiger partial charge is 0.426 e. The first-order valence-electron chi connectivity index (χ1n) is 5.54. The van der Waals surface area contributed by atoms with Gasteiger partial charge >= 0.3 is 0 Å². The minimum absolute atomic E-state index is 0.339. The SMILES string of the molecule is Cc1c(Cc2ccccc2)c(Cl)c(Cl)c(Cl)c1OI. The smallest absolute Gasteiger partial charge is 0.192 e. The van der Waals surface area contributed by atoms with E-state index >= 15 is 0 Å². The van der Waals surface area contributed by atoms with E-state index in [2.05, 4.69) is 0 Å². The maximum atomic E-state index is 6.31. The van der Waals surface area contributed by atoms with Crippen molar-refractivity contribution >= 4 is 57.8 Å². The van der Waals surface area contributed by atoms with Crippen LogP contribution in [0.15, 0.2) is 30.3 Å². The Labute approximate surface area is 141 Å². The van der Waals surface area contributed by atoms with E-state index in [1.165, 1.54) is 0 Å². The van der Waals surface area contributed by atoms with Crippen LogP contribution in [0.2, 0.25) is 15.1 Å². The Kier molecular flexibility index (Phi) is 5.23. The average molecular weight is 427 g/mol. The van der Waals surface area contributed by atoms with Gasteiger partial charge in [-0.2, -0.15) is 0 Å². The molecule has 0 fully saturated rings. The van der Waals surface area contributed by atoms with Gasteiger partial charge in [-0.15, -0.1) is 0 Å². The molecule has 2 aromatic rings. The third kappa shape index (κ3) is 3.13. The van der Waals surface area contributed by atoms with Gasteiger partial charge in [-0.25, -0.2) is 0 Å². The van der Waals surface area contributed by atoms with Gasteiger partial charge < -0.3 is 3.07 Å². The van der Waals surface area contributed by atoms with Crippen LogP contribution in [-0.2, 0) is 6.42 Å². The Balaban J connectivity index is 2.54. The highest BCUT2D eigenvalue weighted by Gasteiger charge is 2.19. The maximum absolute atomic E-state index is 6.31.